The van der Waals surface area contributed by atoms with Gasteiger partial charge in [0.2, 0.25) is 11.5 Å². The third-order valence-corrected chi connectivity index (χ3v) is 3.38. The highest BCUT2D eigenvalue weighted by molar-refractivity contribution is 5.82. The summed E-state index contributed by atoms with van der Waals surface area (Å²) < 4.78 is 17.4. The fourth-order valence-electron chi connectivity index (χ4n) is 2.15. The van der Waals surface area contributed by atoms with Crippen LogP contribution in [0.4, 0.5) is 0 Å². The summed E-state index contributed by atoms with van der Waals surface area (Å²) in [7, 11) is 6.53. The Morgan fingerprint density at radius 2 is 1.91 bits per heavy atom. The van der Waals surface area contributed by atoms with Crippen molar-refractivity contribution >= 4 is 11.9 Å². The number of ether oxygens (including phenoxy) is 3. The van der Waals surface area contributed by atoms with E-state index in [4.69, 9.17) is 14.2 Å². The minimum absolute atomic E-state index is 0.250. The van der Waals surface area contributed by atoms with E-state index in [1.807, 2.05) is 31.2 Å². The largest absolute Gasteiger partial charge is 0.493 e. The van der Waals surface area contributed by atoms with Gasteiger partial charge in [-0.15, -0.1) is 0 Å². The Hall–Kier alpha value is -2.92. The van der Waals surface area contributed by atoms with Crippen molar-refractivity contribution in [1.29, 1.82) is 0 Å². The number of carbonyl (C=O) groups excluding carboxylic acids is 1. The van der Waals surface area contributed by atoms with Crippen LogP contribution in [0.1, 0.15) is 5.56 Å². The van der Waals surface area contributed by atoms with Crippen LogP contribution in [0.2, 0.25) is 0 Å². The van der Waals surface area contributed by atoms with E-state index in [0.717, 1.165) is 5.56 Å². The molecule has 0 fully saturated rings. The average molecular weight is 318 g/mol. The van der Waals surface area contributed by atoms with Gasteiger partial charge in [0.05, 0.1) is 34.9 Å². The predicted molar refractivity (Wildman–Crippen MR) is 85.0 cm³/mol. The molecular weight excluding hydrogens is 298 g/mol. The molecule has 122 valence electrons. The smallest absolute Gasteiger partial charge is 0.356 e. The van der Waals surface area contributed by atoms with Crippen LogP contribution >= 0.6 is 0 Å². The van der Waals surface area contributed by atoms with Gasteiger partial charge in [-0.2, -0.15) is 0 Å². The summed E-state index contributed by atoms with van der Waals surface area (Å²) >= 11 is 0. The van der Waals surface area contributed by atoms with Crippen LogP contribution in [0, 0.1) is 0 Å². The van der Waals surface area contributed by atoms with E-state index in [-0.39, 0.29) is 5.70 Å². The van der Waals surface area contributed by atoms with E-state index >= 15 is 0 Å². The van der Waals surface area contributed by atoms with Crippen LogP contribution in [0.15, 0.2) is 35.9 Å². The summed E-state index contributed by atoms with van der Waals surface area (Å²) in [5, 5.41) is 6.17. The maximum atomic E-state index is 11.0. The zero-order chi connectivity index (χ0) is 16.8. The zero-order valence-corrected chi connectivity index (χ0v) is 13.6. The van der Waals surface area contributed by atoms with Crippen molar-refractivity contribution in [3.63, 3.8) is 0 Å². The fraction of sp³-hybridized carbons (Fsp3) is 0.312. The fourth-order valence-corrected chi connectivity index (χ4v) is 2.15. The first-order valence-corrected chi connectivity index (χ1v) is 6.95. The Balaban J connectivity index is 2.14. The molecule has 7 nitrogen and oxygen atoms in total. The number of guanidine groups is 1. The van der Waals surface area contributed by atoms with E-state index in [0.29, 0.717) is 29.8 Å². The molecule has 1 heterocycles. The molecule has 0 unspecified atom stereocenters. The van der Waals surface area contributed by atoms with E-state index in [2.05, 4.69) is 10.6 Å². The molecule has 1 aromatic carbocycles. The van der Waals surface area contributed by atoms with E-state index in [1.54, 1.807) is 25.0 Å². The lowest BCUT2D eigenvalue weighted by atomic mass is 10.2. The highest BCUT2D eigenvalue weighted by atomic mass is 16.5. The van der Waals surface area contributed by atoms with E-state index < -0.39 is 0 Å². The van der Waals surface area contributed by atoms with Crippen molar-refractivity contribution in [2.45, 2.75) is 6.54 Å². The van der Waals surface area contributed by atoms with Crippen LogP contribution < -0.4 is 20.1 Å². The Kier molecular flexibility index (Phi) is 5.28. The molecule has 0 aromatic heterocycles. The van der Waals surface area contributed by atoms with Crippen LogP contribution in [0.5, 0.6) is 11.5 Å². The molecule has 2 rings (SSSR count). The van der Waals surface area contributed by atoms with Crippen molar-refractivity contribution in [3.05, 3.63) is 41.4 Å². The molecule has 7 heteroatoms. The third kappa shape index (κ3) is 3.64. The van der Waals surface area contributed by atoms with Crippen molar-refractivity contribution in [1.82, 2.24) is 10.6 Å². The quantitative estimate of drug-likeness (QED) is 0.612. The number of methoxy groups -OCH3 is 3. The van der Waals surface area contributed by atoms with Crippen LogP contribution in [0.25, 0.3) is 0 Å². The van der Waals surface area contributed by atoms with Crippen LogP contribution in [0.3, 0.4) is 0 Å². The maximum Gasteiger partial charge on any atom is 0.356 e. The van der Waals surface area contributed by atoms with E-state index in [1.165, 1.54) is 7.11 Å². The molecule has 0 amide bonds. The van der Waals surface area contributed by atoms with Crippen LogP contribution in [-0.2, 0) is 16.1 Å². The minimum Gasteiger partial charge on any atom is -0.493 e. The second-order valence-corrected chi connectivity index (χ2v) is 4.80. The molecular formula is C16H20N3O4+. The lowest BCUT2D eigenvalue weighted by Crippen LogP contribution is -2.44. The molecule has 0 saturated carbocycles. The summed E-state index contributed by atoms with van der Waals surface area (Å²) in [6.07, 6.45) is 1.70. The summed E-state index contributed by atoms with van der Waals surface area (Å²) in [5.74, 6) is 4.25. The van der Waals surface area contributed by atoms with Gasteiger partial charge < -0.3 is 14.2 Å². The van der Waals surface area contributed by atoms with Crippen LogP contribution in [-0.4, -0.2) is 44.9 Å². The normalized spacial score (nSPS) is 13.7. The van der Waals surface area contributed by atoms with Gasteiger partial charge in [0.1, 0.15) is 6.20 Å². The van der Waals surface area contributed by atoms with Gasteiger partial charge in [-0.05, 0) is 17.7 Å². The van der Waals surface area contributed by atoms with Gasteiger partial charge in [0.25, 0.3) is 0 Å². The summed E-state index contributed by atoms with van der Waals surface area (Å²) in [6, 6.07) is 5.67. The first kappa shape index (κ1) is 16.5. The number of hydrogen-bond donors (Lipinski definition) is 2. The predicted octanol–water partition coefficient (Wildman–Crippen LogP) is 0.598. The van der Waals surface area contributed by atoms with Gasteiger partial charge >= 0.3 is 5.96 Å². The highest BCUT2D eigenvalue weighted by Gasteiger charge is 2.23. The second-order valence-electron chi connectivity index (χ2n) is 4.80. The monoisotopic (exact) mass is 318 g/mol. The maximum absolute atomic E-state index is 11.0. The van der Waals surface area contributed by atoms with Crippen molar-refractivity contribution in [3.8, 4) is 11.5 Å². The number of nitrogens with zero attached hydrogens (tertiary/aromatic N) is 1. The lowest BCUT2D eigenvalue weighted by molar-refractivity contribution is -0.431. The highest BCUT2D eigenvalue weighted by Crippen LogP contribution is 2.27. The molecule has 1 aliphatic rings. The van der Waals surface area contributed by atoms with E-state index in [9.17, 15) is 4.79 Å². The first-order valence-electron chi connectivity index (χ1n) is 6.95. The Morgan fingerprint density at radius 1 is 1.17 bits per heavy atom. The standard InChI is InChI=1S/C16H19N3O4/c1-19-9-15(23-4)12(10-20)18-16(19)17-8-11-5-6-13(21-2)14(7-11)22-3/h5-7,9H,8H2,1-4H3,(H,17,18)/p+1. The summed E-state index contributed by atoms with van der Waals surface area (Å²) in [6.45, 7) is 0.537. The van der Waals surface area contributed by atoms with Gasteiger partial charge in [-0.3, -0.25) is 5.32 Å². The minimum atomic E-state index is 0.250. The summed E-state index contributed by atoms with van der Waals surface area (Å²) in [4.78, 5) is 11.0. The Labute approximate surface area is 134 Å². The number of rotatable bonds is 5. The number of benzene rings is 1. The zero-order valence-electron chi connectivity index (χ0n) is 13.6. The van der Waals surface area contributed by atoms with Crippen molar-refractivity contribution in [2.24, 2.45) is 0 Å². The molecule has 2 N–H and O–H groups in total. The average Bonchev–Trinajstić information content (AvgIpc) is 2.59. The number of hydrogen-bond acceptors (Lipinski definition) is 6. The summed E-state index contributed by atoms with van der Waals surface area (Å²) in [5.41, 5.74) is 1.25. The third-order valence-electron chi connectivity index (χ3n) is 3.38. The van der Waals surface area contributed by atoms with Crippen molar-refractivity contribution < 1.29 is 23.6 Å². The molecule has 23 heavy (non-hydrogen) atoms. The number of nitrogens with one attached hydrogen (secondary N) is 2. The van der Waals surface area contributed by atoms with Gasteiger partial charge in [-0.25, -0.2) is 14.7 Å². The SMILES string of the molecule is COC1=C[N+](C)=C(NCc2ccc(OC)c(OC)c2)NC1=C=O. The second kappa shape index (κ2) is 7.38. The Morgan fingerprint density at radius 3 is 2.52 bits per heavy atom. The molecule has 0 radical (unpaired) electrons. The molecule has 1 aromatic rings. The molecule has 0 saturated heterocycles. The Bertz CT molecular complexity index is 703. The van der Waals surface area contributed by atoms with Gasteiger partial charge in [-0.1, -0.05) is 6.07 Å². The van der Waals surface area contributed by atoms with Crippen molar-refractivity contribution in [2.75, 3.05) is 28.4 Å². The van der Waals surface area contributed by atoms with Gasteiger partial charge in [0, 0.05) is 0 Å². The molecule has 0 bridgehead atoms. The first-order chi connectivity index (χ1) is 11.1. The molecule has 1 aliphatic heterocycles. The topological polar surface area (TPSA) is 71.8 Å². The molecule has 0 spiro atoms. The molecule has 0 aliphatic carbocycles. The lowest BCUT2D eigenvalue weighted by Gasteiger charge is -2.15. The van der Waals surface area contributed by atoms with Gasteiger partial charge in [0.15, 0.2) is 17.4 Å². The molecule has 0 atom stereocenters.